The summed E-state index contributed by atoms with van der Waals surface area (Å²) in [6, 6.07) is 13.8. The molecule has 1 unspecified atom stereocenters. The molecule has 1 amide bonds. The van der Waals surface area contributed by atoms with Crippen molar-refractivity contribution in [3.8, 4) is 0 Å². The molecule has 0 spiro atoms. The number of amides is 1. The molecule has 0 bridgehead atoms. The molecule has 3 heterocycles. The van der Waals surface area contributed by atoms with Crippen LogP contribution >= 0.6 is 11.3 Å². The largest absolute Gasteiger partial charge is 0.301 e. The number of nitrogens with zero attached hydrogens (tertiary/aromatic N) is 4. The quantitative estimate of drug-likeness (QED) is 0.736. The summed E-state index contributed by atoms with van der Waals surface area (Å²) in [5.41, 5.74) is 2.01. The van der Waals surface area contributed by atoms with E-state index in [9.17, 15) is 4.79 Å². The van der Waals surface area contributed by atoms with Crippen LogP contribution in [0, 0.1) is 0 Å². The molecule has 0 aliphatic carbocycles. The molecule has 2 aromatic heterocycles. The van der Waals surface area contributed by atoms with Gasteiger partial charge in [0.2, 0.25) is 5.91 Å². The van der Waals surface area contributed by atoms with Crippen molar-refractivity contribution in [1.29, 1.82) is 0 Å². The molecule has 3 aromatic rings. The highest BCUT2D eigenvalue weighted by Crippen LogP contribution is 2.25. The van der Waals surface area contributed by atoms with Crippen LogP contribution < -0.4 is 5.32 Å². The molecule has 1 saturated heterocycles. The summed E-state index contributed by atoms with van der Waals surface area (Å²) < 4.78 is 1.09. The van der Waals surface area contributed by atoms with Crippen LogP contribution in [0.1, 0.15) is 12.6 Å². The Labute approximate surface area is 162 Å². The van der Waals surface area contributed by atoms with E-state index in [1.165, 1.54) is 11.3 Å². The Bertz CT molecular complexity index is 872. The summed E-state index contributed by atoms with van der Waals surface area (Å²) in [6.45, 7) is 6.46. The molecule has 7 heteroatoms. The number of fused-ring (bicyclic) bond motifs is 1. The van der Waals surface area contributed by atoms with Crippen LogP contribution in [0.5, 0.6) is 0 Å². The molecule has 140 valence electrons. The first-order valence-corrected chi connectivity index (χ1v) is 10.0. The van der Waals surface area contributed by atoms with E-state index in [0.29, 0.717) is 5.13 Å². The monoisotopic (exact) mass is 381 g/mol. The van der Waals surface area contributed by atoms with Gasteiger partial charge in [-0.25, -0.2) is 4.98 Å². The highest BCUT2D eigenvalue weighted by molar-refractivity contribution is 7.22. The lowest BCUT2D eigenvalue weighted by molar-refractivity contribution is -0.121. The predicted molar refractivity (Wildman–Crippen MR) is 109 cm³/mol. The van der Waals surface area contributed by atoms with Crippen molar-refractivity contribution in [2.24, 2.45) is 0 Å². The molecule has 0 saturated carbocycles. The van der Waals surface area contributed by atoms with Crippen molar-refractivity contribution in [3.05, 3.63) is 54.4 Å². The van der Waals surface area contributed by atoms with Crippen molar-refractivity contribution in [2.75, 3.05) is 31.5 Å². The smallest absolute Gasteiger partial charge is 0.243 e. The van der Waals surface area contributed by atoms with Crippen LogP contribution in [0.4, 0.5) is 5.13 Å². The first-order chi connectivity index (χ1) is 13.2. The van der Waals surface area contributed by atoms with Crippen LogP contribution in [0.15, 0.2) is 48.7 Å². The molecule has 1 aromatic carbocycles. The maximum Gasteiger partial charge on any atom is 0.243 e. The summed E-state index contributed by atoms with van der Waals surface area (Å²) in [4.78, 5) is 26.2. The number of para-hydroxylation sites is 1. The number of aromatic nitrogens is 2. The second-order valence-electron chi connectivity index (χ2n) is 6.79. The Kier molecular flexibility index (Phi) is 5.42. The molecule has 4 rings (SSSR count). The minimum Gasteiger partial charge on any atom is -0.301 e. The zero-order chi connectivity index (χ0) is 18.6. The molecule has 6 nitrogen and oxygen atoms in total. The third-order valence-electron chi connectivity index (χ3n) is 4.97. The zero-order valence-electron chi connectivity index (χ0n) is 15.3. The van der Waals surface area contributed by atoms with E-state index < -0.39 is 0 Å². The Morgan fingerprint density at radius 2 is 1.93 bits per heavy atom. The van der Waals surface area contributed by atoms with Gasteiger partial charge in [-0.05, 0) is 31.2 Å². The molecule has 27 heavy (non-hydrogen) atoms. The van der Waals surface area contributed by atoms with Gasteiger partial charge in [-0.1, -0.05) is 29.5 Å². The Hall–Kier alpha value is -2.35. The van der Waals surface area contributed by atoms with Gasteiger partial charge in [-0.2, -0.15) is 0 Å². The number of thiazole rings is 1. The second kappa shape index (κ2) is 8.12. The van der Waals surface area contributed by atoms with Crippen molar-refractivity contribution < 1.29 is 4.79 Å². The summed E-state index contributed by atoms with van der Waals surface area (Å²) in [7, 11) is 0. The van der Waals surface area contributed by atoms with Gasteiger partial charge in [0.25, 0.3) is 0 Å². The predicted octanol–water partition coefficient (Wildman–Crippen LogP) is 2.84. The molecular weight excluding hydrogens is 358 g/mol. The normalized spacial score (nSPS) is 17.1. The van der Waals surface area contributed by atoms with Crippen LogP contribution in [-0.2, 0) is 11.3 Å². The summed E-state index contributed by atoms with van der Waals surface area (Å²) in [5.74, 6) is 0.00670. The molecule has 1 fully saturated rings. The summed E-state index contributed by atoms with van der Waals surface area (Å²) >= 11 is 1.51. The third-order valence-corrected chi connectivity index (χ3v) is 5.92. The fourth-order valence-corrected chi connectivity index (χ4v) is 4.20. The van der Waals surface area contributed by atoms with Crippen LogP contribution in [0.25, 0.3) is 10.2 Å². The van der Waals surface area contributed by atoms with Gasteiger partial charge in [0.05, 0.1) is 22.0 Å². The number of carbonyl (C=O) groups excluding carboxylic acids is 1. The summed E-state index contributed by atoms with van der Waals surface area (Å²) in [5, 5.41) is 3.65. The molecule has 1 atom stereocenters. The highest BCUT2D eigenvalue weighted by Gasteiger charge is 2.26. The average molecular weight is 382 g/mol. The lowest BCUT2D eigenvalue weighted by Gasteiger charge is -2.37. The third kappa shape index (κ3) is 4.32. The number of piperazine rings is 1. The molecule has 1 aliphatic heterocycles. The van der Waals surface area contributed by atoms with Crippen molar-refractivity contribution in [2.45, 2.75) is 19.5 Å². The Morgan fingerprint density at radius 1 is 1.15 bits per heavy atom. The van der Waals surface area contributed by atoms with E-state index in [-0.39, 0.29) is 11.9 Å². The lowest BCUT2D eigenvalue weighted by atomic mass is 10.2. The lowest BCUT2D eigenvalue weighted by Crippen LogP contribution is -2.52. The number of rotatable bonds is 5. The van der Waals surface area contributed by atoms with Gasteiger partial charge < -0.3 is 5.32 Å². The maximum absolute atomic E-state index is 12.7. The van der Waals surface area contributed by atoms with Gasteiger partial charge in [0, 0.05) is 38.9 Å². The minimum atomic E-state index is -0.172. The van der Waals surface area contributed by atoms with E-state index in [4.69, 9.17) is 0 Å². The minimum absolute atomic E-state index is 0.00670. The fraction of sp³-hybridized carbons (Fsp3) is 0.350. The van der Waals surface area contributed by atoms with E-state index in [2.05, 4.69) is 31.2 Å². The first-order valence-electron chi connectivity index (χ1n) is 9.22. The molecule has 1 aliphatic rings. The summed E-state index contributed by atoms with van der Waals surface area (Å²) in [6.07, 6.45) is 1.83. The van der Waals surface area contributed by atoms with E-state index in [0.717, 1.165) is 48.6 Å². The number of pyridine rings is 1. The molecule has 0 radical (unpaired) electrons. The SMILES string of the molecule is CC(C(=O)Nc1nc2ccccc2s1)N1CCN(Cc2ccccn2)CC1. The van der Waals surface area contributed by atoms with Gasteiger partial charge in [-0.3, -0.25) is 19.6 Å². The number of carbonyl (C=O) groups is 1. The van der Waals surface area contributed by atoms with Crippen LogP contribution in [0.2, 0.25) is 0 Å². The molecule has 1 N–H and O–H groups in total. The standard InChI is InChI=1S/C20H23N5OS/c1-15(19(26)23-20-22-17-7-2-3-8-18(17)27-20)25-12-10-24(11-13-25)14-16-6-4-5-9-21-16/h2-9,15H,10-14H2,1H3,(H,22,23,26). The van der Waals surface area contributed by atoms with E-state index in [1.54, 1.807) is 0 Å². The van der Waals surface area contributed by atoms with Crippen molar-refractivity contribution >= 4 is 32.6 Å². The van der Waals surface area contributed by atoms with Gasteiger partial charge >= 0.3 is 0 Å². The number of hydrogen-bond acceptors (Lipinski definition) is 6. The Morgan fingerprint density at radius 3 is 2.67 bits per heavy atom. The molecular formula is C20H23N5OS. The van der Waals surface area contributed by atoms with Crippen molar-refractivity contribution in [3.63, 3.8) is 0 Å². The Balaban J connectivity index is 1.30. The van der Waals surface area contributed by atoms with Gasteiger partial charge in [0.15, 0.2) is 5.13 Å². The average Bonchev–Trinajstić information content (AvgIpc) is 3.11. The topological polar surface area (TPSA) is 61.4 Å². The van der Waals surface area contributed by atoms with Crippen molar-refractivity contribution in [1.82, 2.24) is 19.8 Å². The number of nitrogens with one attached hydrogen (secondary N) is 1. The maximum atomic E-state index is 12.7. The number of benzene rings is 1. The second-order valence-corrected chi connectivity index (χ2v) is 7.82. The fourth-order valence-electron chi connectivity index (χ4n) is 3.33. The van der Waals surface area contributed by atoms with Gasteiger partial charge in [-0.15, -0.1) is 0 Å². The number of anilines is 1. The van der Waals surface area contributed by atoms with Gasteiger partial charge in [0.1, 0.15) is 0 Å². The van der Waals surface area contributed by atoms with Crippen LogP contribution in [0.3, 0.4) is 0 Å². The van der Waals surface area contributed by atoms with E-state index in [1.807, 2.05) is 49.5 Å². The van der Waals surface area contributed by atoms with E-state index >= 15 is 0 Å². The zero-order valence-corrected chi connectivity index (χ0v) is 16.2. The number of hydrogen-bond donors (Lipinski definition) is 1. The van der Waals surface area contributed by atoms with Crippen LogP contribution in [-0.4, -0.2) is 57.9 Å². The first kappa shape index (κ1) is 18.0. The highest BCUT2D eigenvalue weighted by atomic mass is 32.1.